The number of likely N-dealkylation sites (N-methyl/N-ethyl adjacent to an activating group) is 1. The highest BCUT2D eigenvalue weighted by Gasteiger charge is 2.05. The Balaban J connectivity index is 1.79. The van der Waals surface area contributed by atoms with Crippen LogP contribution in [0, 0.1) is 5.82 Å². The van der Waals surface area contributed by atoms with E-state index in [-0.39, 0.29) is 11.9 Å². The summed E-state index contributed by atoms with van der Waals surface area (Å²) in [5.74, 6) is -0.190. The second-order valence-electron chi connectivity index (χ2n) is 4.98. The third kappa shape index (κ3) is 4.07. The molecule has 0 aromatic heterocycles. The molecule has 0 aliphatic carbocycles. The van der Waals surface area contributed by atoms with Crippen LogP contribution in [-0.4, -0.2) is 20.1 Å². The van der Waals surface area contributed by atoms with Crippen molar-refractivity contribution in [1.29, 1.82) is 0 Å². The molecule has 0 aliphatic rings. The lowest BCUT2D eigenvalue weighted by molar-refractivity contribution is 0.573. The fraction of sp³-hybridized carbons (Fsp3) is 0.294. The van der Waals surface area contributed by atoms with Crippen molar-refractivity contribution in [1.82, 2.24) is 5.32 Å². The number of para-hydroxylation sites is 1. The quantitative estimate of drug-likeness (QED) is 0.864. The Bertz CT molecular complexity index is 510. The third-order valence-corrected chi connectivity index (χ3v) is 3.46. The summed E-state index contributed by atoms with van der Waals surface area (Å²) in [4.78, 5) is 2.21. The maximum atomic E-state index is 12.9. The predicted octanol–water partition coefficient (Wildman–Crippen LogP) is 3.61. The minimum atomic E-state index is -0.190. The second kappa shape index (κ2) is 7.06. The first kappa shape index (κ1) is 14.5. The number of anilines is 1. The minimum absolute atomic E-state index is 0.190. The number of nitrogens with zero attached hydrogens (tertiary/aromatic N) is 1. The number of halogens is 1. The first-order valence-corrected chi connectivity index (χ1v) is 6.92. The lowest BCUT2D eigenvalue weighted by Crippen LogP contribution is -2.30. The van der Waals surface area contributed by atoms with E-state index >= 15 is 0 Å². The molecule has 0 radical (unpaired) electrons. The maximum absolute atomic E-state index is 12.9. The van der Waals surface area contributed by atoms with Crippen LogP contribution in [-0.2, 0) is 0 Å². The second-order valence-corrected chi connectivity index (χ2v) is 4.98. The zero-order chi connectivity index (χ0) is 14.4. The van der Waals surface area contributed by atoms with Gasteiger partial charge in [-0.3, -0.25) is 0 Å². The number of rotatable bonds is 6. The van der Waals surface area contributed by atoms with Crippen LogP contribution in [0.1, 0.15) is 18.5 Å². The number of nitrogens with one attached hydrogen (secondary N) is 1. The Kier molecular flexibility index (Phi) is 5.13. The number of hydrogen-bond acceptors (Lipinski definition) is 2. The van der Waals surface area contributed by atoms with Crippen molar-refractivity contribution in [2.75, 3.05) is 25.0 Å². The highest BCUT2D eigenvalue weighted by atomic mass is 19.1. The molecule has 0 spiro atoms. The fourth-order valence-corrected chi connectivity index (χ4v) is 2.13. The van der Waals surface area contributed by atoms with Gasteiger partial charge in [0.1, 0.15) is 5.82 Å². The molecule has 3 heteroatoms. The molecule has 0 bridgehead atoms. The van der Waals surface area contributed by atoms with E-state index in [0.29, 0.717) is 0 Å². The van der Waals surface area contributed by atoms with E-state index in [1.54, 1.807) is 0 Å². The van der Waals surface area contributed by atoms with Gasteiger partial charge in [-0.1, -0.05) is 30.3 Å². The van der Waals surface area contributed by atoms with Gasteiger partial charge in [0.15, 0.2) is 0 Å². The highest BCUT2D eigenvalue weighted by molar-refractivity contribution is 5.44. The molecule has 1 N–H and O–H groups in total. The van der Waals surface area contributed by atoms with E-state index in [9.17, 15) is 4.39 Å². The van der Waals surface area contributed by atoms with Crippen molar-refractivity contribution in [2.45, 2.75) is 13.0 Å². The molecule has 2 aromatic rings. The SMILES string of the molecule is CC(NCCN(C)c1ccccc1)c1ccc(F)cc1. The van der Waals surface area contributed by atoms with Crippen molar-refractivity contribution >= 4 is 5.69 Å². The Morgan fingerprint density at radius 1 is 1.05 bits per heavy atom. The molecule has 1 atom stereocenters. The molecule has 2 aromatic carbocycles. The van der Waals surface area contributed by atoms with Crippen LogP contribution in [0.25, 0.3) is 0 Å². The lowest BCUT2D eigenvalue weighted by atomic mass is 10.1. The van der Waals surface area contributed by atoms with Crippen LogP contribution in [0.2, 0.25) is 0 Å². The summed E-state index contributed by atoms with van der Waals surface area (Å²) in [6, 6.07) is 17.2. The highest BCUT2D eigenvalue weighted by Crippen LogP contribution is 2.13. The topological polar surface area (TPSA) is 15.3 Å². The van der Waals surface area contributed by atoms with E-state index in [4.69, 9.17) is 0 Å². The largest absolute Gasteiger partial charge is 0.373 e. The summed E-state index contributed by atoms with van der Waals surface area (Å²) < 4.78 is 12.9. The molecule has 2 rings (SSSR count). The molecule has 106 valence electrons. The van der Waals surface area contributed by atoms with Gasteiger partial charge in [0.25, 0.3) is 0 Å². The molecule has 20 heavy (non-hydrogen) atoms. The molecule has 0 amide bonds. The van der Waals surface area contributed by atoms with E-state index < -0.39 is 0 Å². The average Bonchev–Trinajstić information content (AvgIpc) is 2.48. The first-order chi connectivity index (χ1) is 9.66. The van der Waals surface area contributed by atoms with Gasteiger partial charge in [0.2, 0.25) is 0 Å². The third-order valence-electron chi connectivity index (χ3n) is 3.46. The van der Waals surface area contributed by atoms with Gasteiger partial charge in [-0.15, -0.1) is 0 Å². The Labute approximate surface area is 120 Å². The zero-order valence-corrected chi connectivity index (χ0v) is 12.0. The predicted molar refractivity (Wildman–Crippen MR) is 82.5 cm³/mol. The van der Waals surface area contributed by atoms with Gasteiger partial charge in [-0.05, 0) is 36.8 Å². The molecule has 0 fully saturated rings. The van der Waals surface area contributed by atoms with Gasteiger partial charge >= 0.3 is 0 Å². The normalized spacial score (nSPS) is 12.2. The van der Waals surface area contributed by atoms with Gasteiger partial charge in [0.05, 0.1) is 0 Å². The van der Waals surface area contributed by atoms with Gasteiger partial charge in [-0.25, -0.2) is 4.39 Å². The molecule has 0 saturated heterocycles. The Morgan fingerprint density at radius 2 is 1.70 bits per heavy atom. The van der Waals surface area contributed by atoms with Gasteiger partial charge in [0, 0.05) is 31.9 Å². The van der Waals surface area contributed by atoms with Crippen LogP contribution < -0.4 is 10.2 Å². The maximum Gasteiger partial charge on any atom is 0.123 e. The van der Waals surface area contributed by atoms with E-state index in [1.807, 2.05) is 30.3 Å². The zero-order valence-electron chi connectivity index (χ0n) is 12.0. The van der Waals surface area contributed by atoms with Crippen molar-refractivity contribution in [3.63, 3.8) is 0 Å². The number of hydrogen-bond donors (Lipinski definition) is 1. The molecule has 0 saturated carbocycles. The van der Waals surface area contributed by atoms with Crippen molar-refractivity contribution in [3.8, 4) is 0 Å². The van der Waals surface area contributed by atoms with E-state index in [1.165, 1.54) is 17.8 Å². The van der Waals surface area contributed by atoms with Crippen molar-refractivity contribution in [3.05, 3.63) is 66.0 Å². The Hall–Kier alpha value is -1.87. The van der Waals surface area contributed by atoms with Crippen molar-refractivity contribution in [2.24, 2.45) is 0 Å². The average molecular weight is 272 g/mol. The van der Waals surface area contributed by atoms with E-state index in [0.717, 1.165) is 18.7 Å². The minimum Gasteiger partial charge on any atom is -0.373 e. The standard InChI is InChI=1S/C17H21FN2/c1-14(15-8-10-16(18)11-9-15)19-12-13-20(2)17-6-4-3-5-7-17/h3-11,14,19H,12-13H2,1-2H3. The van der Waals surface area contributed by atoms with Gasteiger partial charge < -0.3 is 10.2 Å². The van der Waals surface area contributed by atoms with Crippen LogP contribution in [0.5, 0.6) is 0 Å². The Morgan fingerprint density at radius 3 is 2.35 bits per heavy atom. The number of benzene rings is 2. The summed E-state index contributed by atoms with van der Waals surface area (Å²) >= 11 is 0. The summed E-state index contributed by atoms with van der Waals surface area (Å²) in [5, 5.41) is 3.45. The molecule has 1 unspecified atom stereocenters. The summed E-state index contributed by atoms with van der Waals surface area (Å²) in [5.41, 5.74) is 2.32. The fourth-order valence-electron chi connectivity index (χ4n) is 2.13. The summed E-state index contributed by atoms with van der Waals surface area (Å²) in [6.07, 6.45) is 0. The summed E-state index contributed by atoms with van der Waals surface area (Å²) in [6.45, 7) is 3.90. The van der Waals surface area contributed by atoms with Crippen molar-refractivity contribution < 1.29 is 4.39 Å². The monoisotopic (exact) mass is 272 g/mol. The first-order valence-electron chi connectivity index (χ1n) is 6.92. The smallest absolute Gasteiger partial charge is 0.123 e. The van der Waals surface area contributed by atoms with Crippen LogP contribution >= 0.6 is 0 Å². The molecular formula is C17H21FN2. The van der Waals surface area contributed by atoms with Crippen LogP contribution in [0.4, 0.5) is 10.1 Å². The lowest BCUT2D eigenvalue weighted by Gasteiger charge is -2.21. The van der Waals surface area contributed by atoms with Crippen LogP contribution in [0.15, 0.2) is 54.6 Å². The molecular weight excluding hydrogens is 251 g/mol. The molecule has 0 aliphatic heterocycles. The van der Waals surface area contributed by atoms with E-state index in [2.05, 4.69) is 36.3 Å². The summed E-state index contributed by atoms with van der Waals surface area (Å²) in [7, 11) is 2.08. The van der Waals surface area contributed by atoms with Gasteiger partial charge in [-0.2, -0.15) is 0 Å². The molecule has 0 heterocycles. The van der Waals surface area contributed by atoms with Crippen LogP contribution in [0.3, 0.4) is 0 Å². The molecule has 2 nitrogen and oxygen atoms in total.